The third kappa shape index (κ3) is 4.54. The summed E-state index contributed by atoms with van der Waals surface area (Å²) in [5.41, 5.74) is 2.95. The van der Waals surface area contributed by atoms with Gasteiger partial charge in [-0.05, 0) is 55.0 Å². The van der Waals surface area contributed by atoms with E-state index >= 15 is 0 Å². The van der Waals surface area contributed by atoms with Gasteiger partial charge in [-0.3, -0.25) is 4.90 Å². The van der Waals surface area contributed by atoms with Crippen molar-refractivity contribution in [3.63, 3.8) is 0 Å². The van der Waals surface area contributed by atoms with Crippen LogP contribution in [0.25, 0.3) is 0 Å². The molecule has 3 rings (SSSR count). The molecule has 0 saturated heterocycles. The average molecular weight is 402 g/mol. The van der Waals surface area contributed by atoms with E-state index in [1.54, 1.807) is 23.1 Å². The quantitative estimate of drug-likeness (QED) is 0.757. The van der Waals surface area contributed by atoms with Gasteiger partial charge in [0.2, 0.25) is 10.0 Å². The Morgan fingerprint density at radius 2 is 1.89 bits per heavy atom. The first-order valence-electron chi connectivity index (χ1n) is 9.54. The van der Waals surface area contributed by atoms with Crippen molar-refractivity contribution in [1.29, 1.82) is 0 Å². The molecule has 1 aliphatic rings. The Bertz CT molecular complexity index is 927. The maximum Gasteiger partial charge on any atom is 0.321 e. The van der Waals surface area contributed by atoms with Gasteiger partial charge < -0.3 is 5.32 Å². The summed E-state index contributed by atoms with van der Waals surface area (Å²) in [6.07, 6.45) is 3.37. The number of carbonyl (C=O) groups is 1. The fraction of sp³-hybridized carbons (Fsp3) is 0.381. The zero-order valence-electron chi connectivity index (χ0n) is 16.4. The van der Waals surface area contributed by atoms with Gasteiger partial charge in [-0.2, -0.15) is 0 Å². The molecule has 0 atom stereocenters. The minimum absolute atomic E-state index is 0.128. The molecule has 7 heteroatoms. The molecule has 0 bridgehead atoms. The van der Waals surface area contributed by atoms with E-state index in [2.05, 4.69) is 17.4 Å². The summed E-state index contributed by atoms with van der Waals surface area (Å²) < 4.78 is 25.9. The smallest absolute Gasteiger partial charge is 0.321 e. The maximum atomic E-state index is 12.7. The van der Waals surface area contributed by atoms with Gasteiger partial charge in [0.15, 0.2) is 0 Å². The lowest BCUT2D eigenvalue weighted by atomic mass is 10.0. The molecule has 150 valence electrons. The fourth-order valence-electron chi connectivity index (χ4n) is 3.38. The van der Waals surface area contributed by atoms with Crippen LogP contribution < -0.4 is 10.2 Å². The number of sulfonamides is 1. The van der Waals surface area contributed by atoms with Crippen molar-refractivity contribution in [3.05, 3.63) is 59.7 Å². The molecule has 0 radical (unpaired) electrons. The highest BCUT2D eigenvalue weighted by atomic mass is 32.2. The Kier molecular flexibility index (Phi) is 6.36. The van der Waals surface area contributed by atoms with E-state index in [0.29, 0.717) is 13.1 Å². The number of urea groups is 1. The molecular weight excluding hydrogens is 374 g/mol. The van der Waals surface area contributed by atoms with Gasteiger partial charge in [0.05, 0.1) is 4.90 Å². The summed E-state index contributed by atoms with van der Waals surface area (Å²) in [5, 5.41) is 2.99. The number of benzene rings is 2. The number of rotatable bonds is 6. The van der Waals surface area contributed by atoms with Crippen molar-refractivity contribution < 1.29 is 13.2 Å². The zero-order valence-corrected chi connectivity index (χ0v) is 17.2. The molecule has 0 aliphatic carbocycles. The van der Waals surface area contributed by atoms with Gasteiger partial charge in [-0.15, -0.1) is 0 Å². The highest BCUT2D eigenvalue weighted by Crippen LogP contribution is 2.30. The van der Waals surface area contributed by atoms with Crippen LogP contribution in [0.3, 0.4) is 0 Å². The molecule has 0 saturated carbocycles. The molecule has 1 heterocycles. The number of carbonyl (C=O) groups excluding carboxylic acids is 1. The second-order valence-electron chi connectivity index (χ2n) is 7.15. The summed E-state index contributed by atoms with van der Waals surface area (Å²) >= 11 is 0. The minimum Gasteiger partial charge on any atom is -0.338 e. The summed E-state index contributed by atoms with van der Waals surface area (Å²) in [6.45, 7) is 1.24. The number of fused-ring (bicyclic) bond motifs is 1. The SMILES string of the molecule is CN(C)S(=O)(=O)c1ccc2c(c1)CCCN2C(=O)NCCCc1ccccc1. The van der Waals surface area contributed by atoms with Crippen LogP contribution in [0.2, 0.25) is 0 Å². The molecule has 1 aliphatic heterocycles. The minimum atomic E-state index is -3.48. The van der Waals surface area contributed by atoms with Crippen LogP contribution in [-0.4, -0.2) is 45.9 Å². The first-order chi connectivity index (χ1) is 13.4. The molecular formula is C21H27N3O3S. The summed E-state index contributed by atoms with van der Waals surface area (Å²) in [4.78, 5) is 14.6. The number of hydrogen-bond acceptors (Lipinski definition) is 3. The van der Waals surface area contributed by atoms with Crippen LogP contribution in [0, 0.1) is 0 Å². The molecule has 0 aromatic heterocycles. The van der Waals surface area contributed by atoms with Gasteiger partial charge in [0.25, 0.3) is 0 Å². The van der Waals surface area contributed by atoms with Crippen molar-refractivity contribution >= 4 is 21.7 Å². The molecule has 2 amide bonds. The van der Waals surface area contributed by atoms with Gasteiger partial charge >= 0.3 is 6.03 Å². The third-order valence-corrected chi connectivity index (χ3v) is 6.77. The Hall–Kier alpha value is -2.38. The molecule has 28 heavy (non-hydrogen) atoms. The lowest BCUT2D eigenvalue weighted by Crippen LogP contribution is -2.43. The number of hydrogen-bond donors (Lipinski definition) is 1. The van der Waals surface area contributed by atoms with E-state index in [1.165, 1.54) is 24.0 Å². The van der Waals surface area contributed by atoms with Gasteiger partial charge in [0, 0.05) is 32.9 Å². The molecule has 2 aromatic rings. The van der Waals surface area contributed by atoms with Gasteiger partial charge in [0.1, 0.15) is 0 Å². The molecule has 0 fully saturated rings. The summed E-state index contributed by atoms with van der Waals surface area (Å²) in [5.74, 6) is 0. The fourth-order valence-corrected chi connectivity index (χ4v) is 4.34. The number of nitrogens with one attached hydrogen (secondary N) is 1. The third-order valence-electron chi connectivity index (χ3n) is 4.95. The van der Waals surface area contributed by atoms with E-state index in [1.807, 2.05) is 18.2 Å². The molecule has 0 spiro atoms. The van der Waals surface area contributed by atoms with E-state index < -0.39 is 10.0 Å². The maximum absolute atomic E-state index is 12.7. The monoisotopic (exact) mass is 401 g/mol. The van der Waals surface area contributed by atoms with E-state index in [0.717, 1.165) is 36.9 Å². The predicted molar refractivity (Wildman–Crippen MR) is 111 cm³/mol. The van der Waals surface area contributed by atoms with Crippen LogP contribution in [0.4, 0.5) is 10.5 Å². The highest BCUT2D eigenvalue weighted by Gasteiger charge is 2.25. The Labute approximate surface area is 167 Å². The van der Waals surface area contributed by atoms with Crippen molar-refractivity contribution in [2.45, 2.75) is 30.6 Å². The van der Waals surface area contributed by atoms with Crippen LogP contribution in [0.15, 0.2) is 53.4 Å². The van der Waals surface area contributed by atoms with Crippen LogP contribution in [-0.2, 0) is 22.9 Å². The Morgan fingerprint density at radius 1 is 1.14 bits per heavy atom. The van der Waals surface area contributed by atoms with Crippen molar-refractivity contribution in [3.8, 4) is 0 Å². The van der Waals surface area contributed by atoms with Gasteiger partial charge in [-0.25, -0.2) is 17.5 Å². The van der Waals surface area contributed by atoms with Crippen molar-refractivity contribution in [1.82, 2.24) is 9.62 Å². The first kappa shape index (κ1) is 20.4. The first-order valence-corrected chi connectivity index (χ1v) is 11.0. The predicted octanol–water partition coefficient (Wildman–Crippen LogP) is 3.03. The second kappa shape index (κ2) is 8.75. The summed E-state index contributed by atoms with van der Waals surface area (Å²) in [7, 11) is -0.442. The van der Waals surface area contributed by atoms with Crippen LogP contribution >= 0.6 is 0 Å². The zero-order chi connectivity index (χ0) is 20.1. The lowest BCUT2D eigenvalue weighted by Gasteiger charge is -2.30. The van der Waals surface area contributed by atoms with E-state index in [9.17, 15) is 13.2 Å². The Morgan fingerprint density at radius 3 is 2.61 bits per heavy atom. The highest BCUT2D eigenvalue weighted by molar-refractivity contribution is 7.89. The van der Waals surface area contributed by atoms with Crippen molar-refractivity contribution in [2.75, 3.05) is 32.1 Å². The number of nitrogens with zero attached hydrogens (tertiary/aromatic N) is 2. The van der Waals surface area contributed by atoms with Crippen molar-refractivity contribution in [2.24, 2.45) is 0 Å². The van der Waals surface area contributed by atoms with Gasteiger partial charge in [-0.1, -0.05) is 30.3 Å². The van der Waals surface area contributed by atoms with E-state index in [-0.39, 0.29) is 10.9 Å². The summed E-state index contributed by atoms with van der Waals surface area (Å²) in [6, 6.07) is 15.1. The Balaban J connectivity index is 1.64. The molecule has 6 nitrogen and oxygen atoms in total. The molecule has 0 unspecified atom stereocenters. The topological polar surface area (TPSA) is 69.7 Å². The van der Waals surface area contributed by atoms with Crippen LogP contribution in [0.1, 0.15) is 24.0 Å². The largest absolute Gasteiger partial charge is 0.338 e. The molecule has 1 N–H and O–H groups in total. The number of aryl methyl sites for hydroxylation is 2. The average Bonchev–Trinajstić information content (AvgIpc) is 2.70. The number of anilines is 1. The normalized spacial score (nSPS) is 14.0. The second-order valence-corrected chi connectivity index (χ2v) is 9.31. The number of amides is 2. The van der Waals surface area contributed by atoms with Crippen LogP contribution in [0.5, 0.6) is 0 Å². The lowest BCUT2D eigenvalue weighted by molar-refractivity contribution is 0.245. The van der Waals surface area contributed by atoms with E-state index in [4.69, 9.17) is 0 Å². The standard InChI is InChI=1S/C21H27N3O3S/c1-23(2)28(26,27)19-12-13-20-18(16-19)11-7-15-24(20)21(25)22-14-6-10-17-8-4-3-5-9-17/h3-5,8-9,12-13,16H,6-7,10-11,14-15H2,1-2H3,(H,22,25). The molecule has 2 aromatic carbocycles.